The van der Waals surface area contributed by atoms with E-state index in [2.05, 4.69) is 10.0 Å². The summed E-state index contributed by atoms with van der Waals surface area (Å²) in [6.45, 7) is 0.0435. The van der Waals surface area contributed by atoms with Crippen molar-refractivity contribution in [1.29, 1.82) is 0 Å². The van der Waals surface area contributed by atoms with Crippen LogP contribution in [0.25, 0.3) is 0 Å². The van der Waals surface area contributed by atoms with Gasteiger partial charge in [-0.1, -0.05) is 43.0 Å². The molecule has 0 radical (unpaired) electrons. The highest BCUT2D eigenvalue weighted by Crippen LogP contribution is 2.20. The second kappa shape index (κ2) is 9.03. The Morgan fingerprint density at radius 2 is 1.75 bits per heavy atom. The molecule has 1 fully saturated rings. The van der Waals surface area contributed by atoms with Crippen molar-refractivity contribution < 1.29 is 17.6 Å². The third-order valence-electron chi connectivity index (χ3n) is 4.82. The van der Waals surface area contributed by atoms with Crippen molar-refractivity contribution in [3.05, 3.63) is 64.4 Å². The lowest BCUT2D eigenvalue weighted by Crippen LogP contribution is -2.36. The Kier molecular flexibility index (Phi) is 6.69. The van der Waals surface area contributed by atoms with Crippen LogP contribution in [0.3, 0.4) is 0 Å². The summed E-state index contributed by atoms with van der Waals surface area (Å²) in [5.41, 5.74) is 1.24. The first kappa shape index (κ1) is 20.8. The summed E-state index contributed by atoms with van der Waals surface area (Å²) in [6.07, 6.45) is 5.53. The van der Waals surface area contributed by atoms with E-state index >= 15 is 0 Å². The molecule has 2 N–H and O–H groups in total. The maximum atomic E-state index is 13.2. The van der Waals surface area contributed by atoms with Gasteiger partial charge in [0, 0.05) is 18.2 Å². The van der Waals surface area contributed by atoms with Gasteiger partial charge in [0.2, 0.25) is 10.0 Å². The molecule has 2 aromatic rings. The van der Waals surface area contributed by atoms with Gasteiger partial charge < -0.3 is 5.32 Å². The maximum Gasteiger partial charge on any atom is 0.251 e. The summed E-state index contributed by atoms with van der Waals surface area (Å²) in [7, 11) is -3.82. The molecule has 0 bridgehead atoms. The Labute approximate surface area is 169 Å². The van der Waals surface area contributed by atoms with Crippen molar-refractivity contribution in [3.8, 4) is 0 Å². The average molecular weight is 425 g/mol. The van der Waals surface area contributed by atoms with Gasteiger partial charge in [0.15, 0.2) is 0 Å². The minimum Gasteiger partial charge on any atom is -0.349 e. The lowest BCUT2D eigenvalue weighted by Gasteiger charge is -2.22. The lowest BCUT2D eigenvalue weighted by atomic mass is 9.95. The first-order valence-electron chi connectivity index (χ1n) is 9.20. The Hall–Kier alpha value is -1.96. The van der Waals surface area contributed by atoms with Crippen LogP contribution in [0.15, 0.2) is 47.4 Å². The number of hydrogen-bond acceptors (Lipinski definition) is 3. The second-order valence-electron chi connectivity index (χ2n) is 6.91. The Morgan fingerprint density at radius 1 is 1.07 bits per heavy atom. The highest BCUT2D eigenvalue weighted by molar-refractivity contribution is 7.89. The van der Waals surface area contributed by atoms with Gasteiger partial charge in [-0.3, -0.25) is 4.79 Å². The molecule has 5 nitrogen and oxygen atoms in total. The van der Waals surface area contributed by atoms with Crippen molar-refractivity contribution in [3.63, 3.8) is 0 Å². The number of amides is 1. The summed E-state index contributed by atoms with van der Waals surface area (Å²) < 4.78 is 40.3. The molecule has 0 unspecified atom stereocenters. The van der Waals surface area contributed by atoms with E-state index < -0.39 is 15.8 Å². The number of hydrogen-bond donors (Lipinski definition) is 2. The first-order chi connectivity index (χ1) is 13.3. The zero-order valence-corrected chi connectivity index (χ0v) is 16.8. The first-order valence-corrected chi connectivity index (χ1v) is 11.1. The summed E-state index contributed by atoms with van der Waals surface area (Å²) in [5.74, 6) is -0.789. The van der Waals surface area contributed by atoms with Gasteiger partial charge in [0.1, 0.15) is 5.82 Å². The number of carbonyl (C=O) groups excluding carboxylic acids is 1. The number of nitrogens with one attached hydrogen (secondary N) is 2. The van der Waals surface area contributed by atoms with Crippen LogP contribution in [0.1, 0.15) is 48.0 Å². The molecule has 3 rings (SSSR count). The number of carbonyl (C=O) groups is 1. The van der Waals surface area contributed by atoms with Gasteiger partial charge in [-0.15, -0.1) is 0 Å². The van der Waals surface area contributed by atoms with Gasteiger partial charge >= 0.3 is 0 Å². The summed E-state index contributed by atoms with van der Waals surface area (Å²) >= 11 is 5.65. The molecule has 0 saturated heterocycles. The number of rotatable bonds is 6. The van der Waals surface area contributed by atoms with E-state index in [9.17, 15) is 17.6 Å². The Balaban J connectivity index is 1.59. The summed E-state index contributed by atoms with van der Waals surface area (Å²) in [5, 5.41) is 2.80. The van der Waals surface area contributed by atoms with Crippen LogP contribution < -0.4 is 10.0 Å². The van der Waals surface area contributed by atoms with Crippen LogP contribution in [-0.2, 0) is 16.6 Å². The van der Waals surface area contributed by atoms with Crippen LogP contribution in [0.2, 0.25) is 5.02 Å². The normalized spacial score (nSPS) is 15.4. The van der Waals surface area contributed by atoms with Crippen molar-refractivity contribution in [2.24, 2.45) is 0 Å². The van der Waals surface area contributed by atoms with Crippen molar-refractivity contribution in [2.45, 2.75) is 49.6 Å². The highest BCUT2D eigenvalue weighted by atomic mass is 35.5. The molecular weight excluding hydrogens is 403 g/mol. The fourth-order valence-corrected chi connectivity index (χ4v) is 4.48. The summed E-state index contributed by atoms with van der Waals surface area (Å²) in [6, 6.07) is 10.2. The third-order valence-corrected chi connectivity index (χ3v) is 6.51. The van der Waals surface area contributed by atoms with E-state index in [-0.39, 0.29) is 28.4 Å². The van der Waals surface area contributed by atoms with Crippen LogP contribution in [0, 0.1) is 5.82 Å². The van der Waals surface area contributed by atoms with Gasteiger partial charge in [-0.05, 0) is 48.7 Å². The molecule has 1 amide bonds. The van der Waals surface area contributed by atoms with E-state index in [0.29, 0.717) is 11.1 Å². The van der Waals surface area contributed by atoms with E-state index in [4.69, 9.17) is 11.6 Å². The average Bonchev–Trinajstić information content (AvgIpc) is 2.69. The molecule has 1 saturated carbocycles. The van der Waals surface area contributed by atoms with Crippen LogP contribution >= 0.6 is 11.6 Å². The lowest BCUT2D eigenvalue weighted by molar-refractivity contribution is 0.0927. The minimum absolute atomic E-state index is 0.0435. The maximum absolute atomic E-state index is 13.2. The molecule has 0 heterocycles. The monoisotopic (exact) mass is 424 g/mol. The summed E-state index contributed by atoms with van der Waals surface area (Å²) in [4.78, 5) is 12.2. The quantitative estimate of drug-likeness (QED) is 0.735. The molecule has 1 aliphatic rings. The molecule has 0 atom stereocenters. The van der Waals surface area contributed by atoms with Gasteiger partial charge in [-0.25, -0.2) is 17.5 Å². The fourth-order valence-electron chi connectivity index (χ4n) is 3.20. The largest absolute Gasteiger partial charge is 0.349 e. The smallest absolute Gasteiger partial charge is 0.251 e. The highest BCUT2D eigenvalue weighted by Gasteiger charge is 2.17. The molecule has 0 spiro atoms. The Bertz CT molecular complexity index is 942. The standard InChI is InChI=1S/C20H22ClFN2O3S/c21-18-12-17(10-11-19(18)22)28(26,27)23-13-14-6-8-15(9-7-14)20(25)24-16-4-2-1-3-5-16/h6-12,16,23H,1-5,13H2,(H,24,25). The fraction of sp³-hybridized carbons (Fsp3) is 0.350. The van der Waals surface area contributed by atoms with E-state index in [1.807, 2.05) is 0 Å². The van der Waals surface area contributed by atoms with E-state index in [1.165, 1.54) is 6.42 Å². The molecule has 28 heavy (non-hydrogen) atoms. The van der Waals surface area contributed by atoms with Gasteiger partial charge in [-0.2, -0.15) is 0 Å². The zero-order chi connectivity index (χ0) is 20.1. The topological polar surface area (TPSA) is 75.3 Å². The minimum atomic E-state index is -3.82. The number of sulfonamides is 1. The Morgan fingerprint density at radius 3 is 2.39 bits per heavy atom. The third kappa shape index (κ3) is 5.31. The molecule has 0 aliphatic heterocycles. The van der Waals surface area contributed by atoms with Crippen LogP contribution in [0.5, 0.6) is 0 Å². The SMILES string of the molecule is O=C(NC1CCCCC1)c1ccc(CNS(=O)(=O)c2ccc(F)c(Cl)c2)cc1. The van der Waals surface area contributed by atoms with Gasteiger partial charge in [0.25, 0.3) is 5.91 Å². The van der Waals surface area contributed by atoms with Crippen molar-refractivity contribution >= 4 is 27.5 Å². The molecule has 8 heteroatoms. The van der Waals surface area contributed by atoms with E-state index in [1.54, 1.807) is 24.3 Å². The second-order valence-corrected chi connectivity index (χ2v) is 9.08. The molecular formula is C20H22ClFN2O3S. The number of benzene rings is 2. The molecule has 1 aliphatic carbocycles. The number of halogens is 2. The van der Waals surface area contributed by atoms with Crippen LogP contribution in [0.4, 0.5) is 4.39 Å². The zero-order valence-electron chi connectivity index (χ0n) is 15.3. The van der Waals surface area contributed by atoms with E-state index in [0.717, 1.165) is 43.9 Å². The van der Waals surface area contributed by atoms with Crippen molar-refractivity contribution in [1.82, 2.24) is 10.0 Å². The van der Waals surface area contributed by atoms with Gasteiger partial charge in [0.05, 0.1) is 9.92 Å². The predicted octanol–water partition coefficient (Wildman–Crippen LogP) is 4.02. The molecule has 2 aromatic carbocycles. The predicted molar refractivity (Wildman–Crippen MR) is 106 cm³/mol. The van der Waals surface area contributed by atoms with Crippen LogP contribution in [-0.4, -0.2) is 20.4 Å². The molecule has 0 aromatic heterocycles. The van der Waals surface area contributed by atoms with Crippen molar-refractivity contribution in [2.75, 3.05) is 0 Å². The molecule has 150 valence electrons.